The first-order valence-electron chi connectivity index (χ1n) is 4.64. The molecular weight excluding hydrogens is 211 g/mol. The van der Waals surface area contributed by atoms with Gasteiger partial charge in [0.2, 0.25) is 5.67 Å². The van der Waals surface area contributed by atoms with Gasteiger partial charge >= 0.3 is 0 Å². The number of aliphatic imine (C=N–C) groups is 2. The number of hydrogen-bond donors (Lipinski definition) is 3. The summed E-state index contributed by atoms with van der Waals surface area (Å²) in [6.45, 7) is 0. The first-order valence-corrected chi connectivity index (χ1v) is 4.64. The average Bonchev–Trinajstić information content (AvgIpc) is 2.24. The van der Waals surface area contributed by atoms with Crippen molar-refractivity contribution in [1.82, 2.24) is 0 Å². The second kappa shape index (κ2) is 3.57. The fourth-order valence-electron chi connectivity index (χ4n) is 1.47. The molecule has 6 heteroatoms. The Morgan fingerprint density at radius 1 is 1.44 bits per heavy atom. The highest BCUT2D eigenvalue weighted by Gasteiger charge is 2.37. The van der Waals surface area contributed by atoms with Crippen LogP contribution in [0.15, 0.2) is 34.3 Å². The van der Waals surface area contributed by atoms with Gasteiger partial charge in [-0.15, -0.1) is 0 Å². The van der Waals surface area contributed by atoms with E-state index in [2.05, 4.69) is 9.98 Å². The molecule has 2 unspecified atom stereocenters. The van der Waals surface area contributed by atoms with Crippen LogP contribution in [0.1, 0.15) is 5.56 Å². The van der Waals surface area contributed by atoms with Crippen LogP contribution in [0.5, 0.6) is 5.75 Å². The quantitative estimate of drug-likeness (QED) is 0.635. The Bertz CT molecular complexity index is 474. The number of hydrogen-bond acceptors (Lipinski definition) is 5. The molecule has 0 radical (unpaired) electrons. The van der Waals surface area contributed by atoms with E-state index in [1.54, 1.807) is 0 Å². The number of rotatable bonds is 1. The van der Waals surface area contributed by atoms with Crippen molar-refractivity contribution in [3.63, 3.8) is 0 Å². The Morgan fingerprint density at radius 2 is 2.19 bits per heavy atom. The van der Waals surface area contributed by atoms with Gasteiger partial charge in [0.1, 0.15) is 11.6 Å². The molecule has 84 valence electrons. The molecule has 5 N–H and O–H groups in total. The predicted molar refractivity (Wildman–Crippen MR) is 59.0 cm³/mol. The van der Waals surface area contributed by atoms with Gasteiger partial charge in [0.15, 0.2) is 6.29 Å². The largest absolute Gasteiger partial charge is 0.508 e. The van der Waals surface area contributed by atoms with Crippen molar-refractivity contribution in [2.75, 3.05) is 0 Å². The van der Waals surface area contributed by atoms with Crippen molar-refractivity contribution < 1.29 is 9.50 Å². The van der Waals surface area contributed by atoms with Crippen molar-refractivity contribution in [3.05, 3.63) is 29.8 Å². The van der Waals surface area contributed by atoms with Crippen LogP contribution in [0.2, 0.25) is 0 Å². The number of benzene rings is 1. The van der Waals surface area contributed by atoms with Crippen LogP contribution in [0, 0.1) is 0 Å². The fourth-order valence-corrected chi connectivity index (χ4v) is 1.47. The van der Waals surface area contributed by atoms with Crippen molar-refractivity contribution in [2.24, 2.45) is 21.5 Å². The monoisotopic (exact) mass is 222 g/mol. The van der Waals surface area contributed by atoms with Crippen LogP contribution in [-0.2, 0) is 5.67 Å². The zero-order chi connectivity index (χ0) is 11.8. The summed E-state index contributed by atoms with van der Waals surface area (Å²) in [6.07, 6.45) is 0.149. The van der Waals surface area contributed by atoms with Gasteiger partial charge in [-0.3, -0.25) is 10.7 Å². The molecule has 0 fully saturated rings. The average molecular weight is 222 g/mol. The summed E-state index contributed by atoms with van der Waals surface area (Å²) in [5.41, 5.74) is 8.95. The number of aromatic hydroxyl groups is 1. The molecule has 0 saturated heterocycles. The summed E-state index contributed by atoms with van der Waals surface area (Å²) in [7, 11) is 0. The highest BCUT2D eigenvalue weighted by molar-refractivity contribution is 6.06. The van der Waals surface area contributed by atoms with Crippen LogP contribution >= 0.6 is 0 Å². The minimum Gasteiger partial charge on any atom is -0.508 e. The molecular formula is C10H11FN4O. The van der Waals surface area contributed by atoms with E-state index >= 15 is 0 Å². The van der Waals surface area contributed by atoms with Gasteiger partial charge in [-0.2, -0.15) is 0 Å². The number of nitrogens with zero attached hydrogens (tertiary/aromatic N) is 2. The molecule has 0 aromatic heterocycles. The van der Waals surface area contributed by atoms with E-state index in [9.17, 15) is 9.50 Å². The Balaban J connectivity index is 2.47. The predicted octanol–water partition coefficient (Wildman–Crippen LogP) is 0.241. The molecule has 1 heterocycles. The lowest BCUT2D eigenvalue weighted by Gasteiger charge is -2.25. The summed E-state index contributed by atoms with van der Waals surface area (Å²) in [5.74, 6) is -0.314. The Hall–Kier alpha value is -1.95. The molecule has 0 saturated carbocycles. The summed E-state index contributed by atoms with van der Waals surface area (Å²) >= 11 is 0. The Kier molecular flexibility index (Phi) is 2.35. The molecule has 1 aliphatic heterocycles. The maximum absolute atomic E-state index is 14.5. The number of alkyl halides is 1. The number of halogens is 1. The lowest BCUT2D eigenvalue weighted by Crippen LogP contribution is -2.44. The van der Waals surface area contributed by atoms with Gasteiger partial charge in [-0.05, 0) is 12.1 Å². The zero-order valence-electron chi connectivity index (χ0n) is 8.34. The minimum atomic E-state index is -2.10. The third kappa shape index (κ3) is 1.63. The summed E-state index contributed by atoms with van der Waals surface area (Å²) in [6, 6.07) is 5.71. The molecule has 5 nitrogen and oxygen atoms in total. The third-order valence-corrected chi connectivity index (χ3v) is 2.32. The van der Waals surface area contributed by atoms with E-state index in [0.717, 1.165) is 6.21 Å². The van der Waals surface area contributed by atoms with Crippen LogP contribution < -0.4 is 11.5 Å². The minimum absolute atomic E-state index is 0.0504. The van der Waals surface area contributed by atoms with Crippen molar-refractivity contribution in [2.45, 2.75) is 12.0 Å². The van der Waals surface area contributed by atoms with Gasteiger partial charge in [0.05, 0.1) is 6.21 Å². The molecule has 1 aromatic rings. The zero-order valence-corrected chi connectivity index (χ0v) is 8.34. The maximum atomic E-state index is 14.5. The Morgan fingerprint density at radius 3 is 2.81 bits per heavy atom. The van der Waals surface area contributed by atoms with Gasteiger partial charge in [-0.1, -0.05) is 12.1 Å². The summed E-state index contributed by atoms with van der Waals surface area (Å²) < 4.78 is 14.5. The van der Waals surface area contributed by atoms with Gasteiger partial charge in [0, 0.05) is 5.56 Å². The second-order valence-corrected chi connectivity index (χ2v) is 3.47. The van der Waals surface area contributed by atoms with E-state index in [1.807, 2.05) is 0 Å². The molecule has 16 heavy (non-hydrogen) atoms. The normalized spacial score (nSPS) is 28.9. The first-order chi connectivity index (χ1) is 7.52. The molecule has 2 atom stereocenters. The molecule has 1 aliphatic rings. The molecule has 0 spiro atoms. The van der Waals surface area contributed by atoms with E-state index in [-0.39, 0.29) is 17.1 Å². The first kappa shape index (κ1) is 10.6. The number of phenolic OH excluding ortho intramolecular Hbond substituents is 1. The molecule has 0 aliphatic carbocycles. The van der Waals surface area contributed by atoms with Crippen molar-refractivity contribution >= 4 is 12.1 Å². The molecule has 1 aromatic carbocycles. The van der Waals surface area contributed by atoms with Gasteiger partial charge in [-0.25, -0.2) is 9.38 Å². The standard InChI is InChI=1S/C10H11FN4O/c11-10(5-14-9(13)15-8(10)12)6-2-1-3-7(16)4-6/h1-5,9,16H,13H2,(H2,12,15). The molecule has 0 amide bonds. The number of phenols is 1. The Labute approximate surface area is 91.3 Å². The van der Waals surface area contributed by atoms with Crippen LogP contribution in [-0.4, -0.2) is 23.4 Å². The highest BCUT2D eigenvalue weighted by atomic mass is 19.1. The van der Waals surface area contributed by atoms with E-state index < -0.39 is 12.0 Å². The van der Waals surface area contributed by atoms with Crippen LogP contribution in [0.4, 0.5) is 4.39 Å². The van der Waals surface area contributed by atoms with Crippen molar-refractivity contribution in [3.8, 4) is 5.75 Å². The summed E-state index contributed by atoms with van der Waals surface area (Å²) in [5, 5.41) is 9.28. The second-order valence-electron chi connectivity index (χ2n) is 3.47. The molecule has 2 rings (SSSR count). The van der Waals surface area contributed by atoms with Crippen LogP contribution in [0.3, 0.4) is 0 Å². The van der Waals surface area contributed by atoms with Gasteiger partial charge < -0.3 is 10.8 Å². The fraction of sp³-hybridized carbons (Fsp3) is 0.200. The lowest BCUT2D eigenvalue weighted by molar-refractivity contribution is 0.354. The highest BCUT2D eigenvalue weighted by Crippen LogP contribution is 2.29. The van der Waals surface area contributed by atoms with Gasteiger partial charge in [0.25, 0.3) is 0 Å². The SMILES string of the molecule is NC1=NC(N)N=CC1(F)c1cccc(O)c1. The topological polar surface area (TPSA) is 97.0 Å². The molecule has 0 bridgehead atoms. The van der Waals surface area contributed by atoms with Crippen molar-refractivity contribution in [1.29, 1.82) is 0 Å². The van der Waals surface area contributed by atoms with E-state index in [4.69, 9.17) is 11.5 Å². The number of amidine groups is 1. The van der Waals surface area contributed by atoms with Crippen LogP contribution in [0.25, 0.3) is 0 Å². The van der Waals surface area contributed by atoms with E-state index in [1.165, 1.54) is 24.3 Å². The number of nitrogens with two attached hydrogens (primary N) is 2. The smallest absolute Gasteiger partial charge is 0.227 e. The third-order valence-electron chi connectivity index (χ3n) is 2.32. The lowest BCUT2D eigenvalue weighted by atomic mass is 9.95. The summed E-state index contributed by atoms with van der Waals surface area (Å²) in [4.78, 5) is 7.33. The maximum Gasteiger partial charge on any atom is 0.227 e. The van der Waals surface area contributed by atoms with E-state index in [0.29, 0.717) is 0 Å².